The third-order valence-corrected chi connectivity index (χ3v) is 13.7. The van der Waals surface area contributed by atoms with E-state index in [9.17, 15) is 14.7 Å². The summed E-state index contributed by atoms with van der Waals surface area (Å²) in [7, 11) is 0. The fraction of sp³-hybridized carbons (Fsp3) is 0.818. The minimum absolute atomic E-state index is 0.177. The first-order valence-corrected chi connectivity index (χ1v) is 21.5. The zero-order chi connectivity index (χ0) is 37.6. The third-order valence-electron chi connectivity index (χ3n) is 13.7. The fourth-order valence-corrected chi connectivity index (χ4v) is 9.48. The van der Waals surface area contributed by atoms with Crippen LogP contribution in [0.5, 0.6) is 0 Å². The van der Waals surface area contributed by atoms with Crippen LogP contribution in [0.2, 0.25) is 0 Å². The quantitative estimate of drug-likeness (QED) is 0.142. The maximum atomic E-state index is 14.0. The number of imide groups is 1. The van der Waals surface area contributed by atoms with Crippen molar-refractivity contribution < 1.29 is 28.9 Å². The zero-order valence-electron chi connectivity index (χ0n) is 33.8. The summed E-state index contributed by atoms with van der Waals surface area (Å²) in [6, 6.07) is 10.7. The molecule has 0 heterocycles. The van der Waals surface area contributed by atoms with Gasteiger partial charge in [0.15, 0.2) is 0 Å². The van der Waals surface area contributed by atoms with E-state index in [-0.39, 0.29) is 12.1 Å². The number of carbonyl (C=O) groups is 2. The molecule has 296 valence electrons. The smallest absolute Gasteiger partial charge is 0.419 e. The molecule has 3 aliphatic rings. The molecule has 2 amide bonds. The highest BCUT2D eigenvalue weighted by atomic mass is 16.6. The van der Waals surface area contributed by atoms with E-state index in [1.165, 1.54) is 37.0 Å². The number of hydrogen-bond acceptors (Lipinski definition) is 7. The summed E-state index contributed by atoms with van der Waals surface area (Å²) in [6.45, 7) is 12.7. The molecule has 0 spiro atoms. The van der Waals surface area contributed by atoms with Gasteiger partial charge >= 0.3 is 12.2 Å². The average Bonchev–Trinajstić information content (AvgIpc) is 3.65. The highest BCUT2D eigenvalue weighted by molar-refractivity contribution is 5.88. The van der Waals surface area contributed by atoms with Crippen LogP contribution in [0.3, 0.4) is 0 Å². The second-order valence-corrected chi connectivity index (χ2v) is 16.4. The lowest BCUT2D eigenvalue weighted by Gasteiger charge is -2.47. The molecule has 0 bridgehead atoms. The number of nitrogens with zero attached hydrogens (tertiary/aromatic N) is 2. The van der Waals surface area contributed by atoms with Gasteiger partial charge in [0.25, 0.3) is 0 Å². The van der Waals surface area contributed by atoms with Crippen LogP contribution in [-0.2, 0) is 20.6 Å². The summed E-state index contributed by atoms with van der Waals surface area (Å²) >= 11 is 0. The minimum atomic E-state index is -0.830. The third kappa shape index (κ3) is 11.2. The van der Waals surface area contributed by atoms with Crippen molar-refractivity contribution in [3.05, 3.63) is 35.9 Å². The first-order valence-electron chi connectivity index (χ1n) is 21.5. The molecule has 1 aromatic rings. The van der Waals surface area contributed by atoms with Crippen molar-refractivity contribution in [2.45, 2.75) is 218 Å². The van der Waals surface area contributed by atoms with Gasteiger partial charge in [-0.2, -0.15) is 0 Å². The Morgan fingerprint density at radius 1 is 0.750 bits per heavy atom. The average molecular weight is 727 g/mol. The van der Waals surface area contributed by atoms with Gasteiger partial charge in [0, 0.05) is 18.6 Å². The van der Waals surface area contributed by atoms with E-state index in [0.29, 0.717) is 56.5 Å². The van der Waals surface area contributed by atoms with E-state index in [0.717, 1.165) is 76.2 Å². The van der Waals surface area contributed by atoms with E-state index in [1.807, 2.05) is 51.1 Å². The molecule has 0 saturated heterocycles. The molecule has 0 aliphatic heterocycles. The SMILES string of the molecule is CCC(CC)(CC)OC(=O)N(CCc1ccccc1)C(=O)OC(CC)(CC)CCC1CCC(N(C2CCCCC2)C(O)OC2(CC)CCCC2)CC1. The molecule has 4 rings (SSSR count). The Morgan fingerprint density at radius 3 is 1.83 bits per heavy atom. The van der Waals surface area contributed by atoms with Crippen LogP contribution < -0.4 is 0 Å². The van der Waals surface area contributed by atoms with Crippen LogP contribution in [0.15, 0.2) is 30.3 Å². The number of benzene rings is 1. The summed E-state index contributed by atoms with van der Waals surface area (Å²) in [5, 5.41) is 11.7. The molecule has 1 atom stereocenters. The predicted octanol–water partition coefficient (Wildman–Crippen LogP) is 11.3. The van der Waals surface area contributed by atoms with Gasteiger partial charge in [0.2, 0.25) is 6.41 Å². The lowest BCUT2D eigenvalue weighted by atomic mass is 9.79. The molecule has 1 N–H and O–H groups in total. The summed E-state index contributed by atoms with van der Waals surface area (Å²) in [5.41, 5.74) is -0.372. The maximum absolute atomic E-state index is 14.0. The summed E-state index contributed by atoms with van der Waals surface area (Å²) in [5.74, 6) is 0.536. The van der Waals surface area contributed by atoms with Gasteiger partial charge in [-0.1, -0.05) is 104 Å². The Labute approximate surface area is 316 Å². The van der Waals surface area contributed by atoms with Gasteiger partial charge < -0.3 is 19.3 Å². The molecule has 0 aromatic heterocycles. The van der Waals surface area contributed by atoms with Crippen molar-refractivity contribution >= 4 is 12.2 Å². The fourth-order valence-electron chi connectivity index (χ4n) is 9.48. The number of aliphatic hydroxyl groups excluding tert-OH is 1. The van der Waals surface area contributed by atoms with E-state index in [4.69, 9.17) is 14.2 Å². The molecule has 3 aliphatic carbocycles. The van der Waals surface area contributed by atoms with Crippen molar-refractivity contribution in [2.24, 2.45) is 5.92 Å². The topological polar surface area (TPSA) is 88.5 Å². The number of amides is 2. The number of carbonyl (C=O) groups excluding carboxylic acids is 2. The molecule has 1 aromatic carbocycles. The highest BCUT2D eigenvalue weighted by Gasteiger charge is 2.42. The van der Waals surface area contributed by atoms with E-state index in [1.54, 1.807) is 0 Å². The van der Waals surface area contributed by atoms with Crippen molar-refractivity contribution in [3.63, 3.8) is 0 Å². The summed E-state index contributed by atoms with van der Waals surface area (Å²) < 4.78 is 19.1. The Balaban J connectivity index is 1.39. The van der Waals surface area contributed by atoms with Crippen LogP contribution in [0.4, 0.5) is 9.59 Å². The Kier molecular flexibility index (Phi) is 16.8. The van der Waals surface area contributed by atoms with Crippen molar-refractivity contribution in [2.75, 3.05) is 6.54 Å². The van der Waals surface area contributed by atoms with Gasteiger partial charge in [-0.3, -0.25) is 0 Å². The Hall–Kier alpha value is -2.16. The number of aliphatic hydroxyl groups is 1. The first kappa shape index (κ1) is 42.6. The van der Waals surface area contributed by atoms with Crippen LogP contribution in [0.25, 0.3) is 0 Å². The lowest BCUT2D eigenvalue weighted by molar-refractivity contribution is -0.274. The number of hydrogen-bond donors (Lipinski definition) is 1. The van der Waals surface area contributed by atoms with Crippen molar-refractivity contribution in [1.29, 1.82) is 0 Å². The van der Waals surface area contributed by atoms with Crippen molar-refractivity contribution in [1.82, 2.24) is 9.80 Å². The van der Waals surface area contributed by atoms with Gasteiger partial charge in [0.05, 0.1) is 5.60 Å². The van der Waals surface area contributed by atoms with E-state index < -0.39 is 29.8 Å². The summed E-state index contributed by atoms with van der Waals surface area (Å²) in [6.07, 6.45) is 19.5. The Bertz CT molecular complexity index is 1170. The molecular weight excluding hydrogens is 652 g/mol. The normalized spacial score (nSPS) is 21.9. The number of rotatable bonds is 19. The summed E-state index contributed by atoms with van der Waals surface area (Å²) in [4.78, 5) is 31.3. The Morgan fingerprint density at radius 2 is 1.29 bits per heavy atom. The largest absolute Gasteiger partial charge is 0.442 e. The monoisotopic (exact) mass is 727 g/mol. The minimum Gasteiger partial charge on any atom is -0.442 e. The maximum Gasteiger partial charge on any atom is 0.419 e. The second-order valence-electron chi connectivity index (χ2n) is 16.4. The second kappa shape index (κ2) is 20.5. The van der Waals surface area contributed by atoms with Gasteiger partial charge in [-0.15, -0.1) is 0 Å². The van der Waals surface area contributed by atoms with Crippen LogP contribution in [-0.4, -0.2) is 68.9 Å². The molecule has 3 fully saturated rings. The van der Waals surface area contributed by atoms with Gasteiger partial charge in [0.1, 0.15) is 11.2 Å². The number of ether oxygens (including phenoxy) is 3. The lowest BCUT2D eigenvalue weighted by Crippen LogP contribution is -2.54. The van der Waals surface area contributed by atoms with E-state index >= 15 is 0 Å². The van der Waals surface area contributed by atoms with Crippen molar-refractivity contribution in [3.8, 4) is 0 Å². The predicted molar refractivity (Wildman–Crippen MR) is 209 cm³/mol. The van der Waals surface area contributed by atoms with Gasteiger partial charge in [-0.05, 0) is 121 Å². The van der Waals surface area contributed by atoms with Crippen LogP contribution in [0, 0.1) is 5.92 Å². The molecule has 52 heavy (non-hydrogen) atoms. The standard InChI is InChI=1S/C44H74N2O6/c1-7-42(8-2,9-3)50-39(47)45(34-30-35-21-15-13-16-22-35)40(48)51-43(10-4,11-5)33-29-36-25-27-38(28-26-36)46(37-23-17-14-18-24-37)41(49)52-44(12-6)31-19-20-32-44/h13,15-16,21-22,36-38,41,49H,7-12,14,17-20,23-34H2,1-6H3. The molecule has 8 nitrogen and oxygen atoms in total. The van der Waals surface area contributed by atoms with Gasteiger partial charge in [-0.25, -0.2) is 19.4 Å². The first-order chi connectivity index (χ1) is 25.1. The van der Waals surface area contributed by atoms with E-state index in [2.05, 4.69) is 25.7 Å². The zero-order valence-corrected chi connectivity index (χ0v) is 33.8. The molecule has 3 saturated carbocycles. The molecule has 8 heteroatoms. The van der Waals surface area contributed by atoms with Crippen LogP contribution >= 0.6 is 0 Å². The molecular formula is C44H74N2O6. The highest BCUT2D eigenvalue weighted by Crippen LogP contribution is 2.41. The molecule has 0 radical (unpaired) electrons. The molecule has 1 unspecified atom stereocenters. The van der Waals surface area contributed by atoms with Crippen LogP contribution in [0.1, 0.15) is 182 Å².